The van der Waals surface area contributed by atoms with Crippen LogP contribution in [0, 0.1) is 0 Å². The number of nitrogens with zero attached hydrogens (tertiary/aromatic N) is 5. The van der Waals surface area contributed by atoms with Crippen molar-refractivity contribution >= 4 is 57.9 Å². The van der Waals surface area contributed by atoms with Gasteiger partial charge in [-0.15, -0.1) is 0 Å². The Kier molecular flexibility index (Phi) is 10.6. The maximum absolute atomic E-state index is 13.2. The fourth-order valence-corrected chi connectivity index (χ4v) is 5.21. The van der Waals surface area contributed by atoms with Crippen LogP contribution in [0.15, 0.2) is 48.9 Å². The summed E-state index contributed by atoms with van der Waals surface area (Å²) in [6.45, 7) is 7.31. The molecule has 1 fully saturated rings. The van der Waals surface area contributed by atoms with Gasteiger partial charge in [0.25, 0.3) is 0 Å². The number of benzene rings is 2. The van der Waals surface area contributed by atoms with Crippen molar-refractivity contribution in [3.63, 3.8) is 0 Å². The summed E-state index contributed by atoms with van der Waals surface area (Å²) >= 11 is 12.9. The van der Waals surface area contributed by atoms with Gasteiger partial charge in [-0.25, -0.2) is 14.8 Å². The first kappa shape index (κ1) is 31.0. The number of piperazine rings is 1. The Morgan fingerprint density at radius 1 is 1.07 bits per heavy atom. The predicted molar refractivity (Wildman–Crippen MR) is 170 cm³/mol. The van der Waals surface area contributed by atoms with Crippen LogP contribution < -0.4 is 35.6 Å². The highest BCUT2D eigenvalue weighted by atomic mass is 35.5. The van der Waals surface area contributed by atoms with E-state index in [-0.39, 0.29) is 15.7 Å². The third kappa shape index (κ3) is 7.10. The summed E-state index contributed by atoms with van der Waals surface area (Å²) in [5.74, 6) is 1.47. The van der Waals surface area contributed by atoms with E-state index in [1.165, 1.54) is 31.1 Å². The highest BCUT2D eigenvalue weighted by Crippen LogP contribution is 2.44. The molecule has 3 aromatic rings. The number of anilines is 5. The molecule has 42 heavy (non-hydrogen) atoms. The minimum Gasteiger partial charge on any atom is -0.495 e. The molecule has 0 atom stereocenters. The Morgan fingerprint density at radius 2 is 1.76 bits per heavy atom. The molecule has 0 spiro atoms. The van der Waals surface area contributed by atoms with E-state index in [4.69, 9.17) is 38.4 Å². The molecule has 13 heteroatoms. The first-order chi connectivity index (χ1) is 20.3. The van der Waals surface area contributed by atoms with E-state index in [1.54, 1.807) is 25.4 Å². The standard InChI is InChI=1S/C29H36Cl2N8O3/c1-5-38-11-13-39(14-12-38)20-8-9-21(19(15-20)7-6-10-32)35-24-17-25(34-18-33-24)37(2)29(40)36-28-26(30)22(41-3)16-23(42-4)27(28)31/h6,8-10,15-18H,5,7,11-14,32H2,1-4H3,(H,36,40)(H,33,34,35). The van der Waals surface area contributed by atoms with E-state index in [1.807, 2.05) is 12.1 Å². The van der Waals surface area contributed by atoms with E-state index in [0.717, 1.165) is 44.0 Å². The molecule has 2 amide bonds. The number of aromatic nitrogens is 2. The van der Waals surface area contributed by atoms with E-state index in [0.29, 0.717) is 29.6 Å². The number of allylic oxidation sites excluding steroid dienone is 1. The van der Waals surface area contributed by atoms with Crippen molar-refractivity contribution < 1.29 is 14.3 Å². The van der Waals surface area contributed by atoms with E-state index in [9.17, 15) is 4.79 Å². The number of halogens is 2. The molecule has 1 aliphatic rings. The number of nitrogens with one attached hydrogen (secondary N) is 2. The Balaban J connectivity index is 1.53. The minimum atomic E-state index is -0.528. The first-order valence-corrected chi connectivity index (χ1v) is 14.3. The number of hydrogen-bond donors (Lipinski definition) is 3. The van der Waals surface area contributed by atoms with Gasteiger partial charge in [0.15, 0.2) is 0 Å². The molecule has 2 heterocycles. The lowest BCUT2D eigenvalue weighted by atomic mass is 10.1. The number of methoxy groups -OCH3 is 2. The average molecular weight is 616 g/mol. The van der Waals surface area contributed by atoms with Crippen LogP contribution in [0.2, 0.25) is 10.0 Å². The van der Waals surface area contributed by atoms with Crippen molar-refractivity contribution in [3.05, 3.63) is 64.5 Å². The minimum absolute atomic E-state index is 0.143. The molecule has 1 aliphatic heterocycles. The molecule has 0 aliphatic carbocycles. The summed E-state index contributed by atoms with van der Waals surface area (Å²) in [5, 5.41) is 6.39. The molecule has 0 radical (unpaired) electrons. The third-order valence-electron chi connectivity index (χ3n) is 7.12. The number of carbonyl (C=O) groups excluding carboxylic acids is 1. The molecule has 2 aromatic carbocycles. The van der Waals surface area contributed by atoms with Crippen LogP contribution in [0.1, 0.15) is 12.5 Å². The second-order valence-electron chi connectivity index (χ2n) is 9.55. The molecule has 224 valence electrons. The zero-order chi connectivity index (χ0) is 30.2. The Bertz CT molecular complexity index is 1400. The number of carbonyl (C=O) groups is 1. The average Bonchev–Trinajstić information content (AvgIpc) is 3.02. The summed E-state index contributed by atoms with van der Waals surface area (Å²) in [5.41, 5.74) is 8.94. The zero-order valence-corrected chi connectivity index (χ0v) is 25.7. The molecule has 4 rings (SSSR count). The van der Waals surface area contributed by atoms with E-state index >= 15 is 0 Å². The predicted octanol–water partition coefficient (Wildman–Crippen LogP) is 5.37. The smallest absolute Gasteiger partial charge is 0.327 e. The molecule has 11 nitrogen and oxygen atoms in total. The van der Waals surface area contributed by atoms with E-state index in [2.05, 4.69) is 49.5 Å². The van der Waals surface area contributed by atoms with Gasteiger partial charge in [-0.2, -0.15) is 0 Å². The van der Waals surface area contributed by atoms with E-state index < -0.39 is 6.03 Å². The number of likely N-dealkylation sites (N-methyl/N-ethyl adjacent to an activating group) is 1. The van der Waals surface area contributed by atoms with Crippen LogP contribution in [-0.4, -0.2) is 74.9 Å². The monoisotopic (exact) mass is 614 g/mol. The molecule has 4 N–H and O–H groups in total. The largest absolute Gasteiger partial charge is 0.495 e. The number of hydrogen-bond acceptors (Lipinski definition) is 9. The topological polar surface area (TPSA) is 121 Å². The van der Waals surface area contributed by atoms with Crippen molar-refractivity contribution in [2.75, 3.05) is 74.4 Å². The molecule has 0 bridgehead atoms. The lowest BCUT2D eigenvalue weighted by molar-refractivity contribution is 0.258. The molecular formula is C29H36Cl2N8O3. The van der Waals surface area contributed by atoms with Crippen molar-refractivity contribution in [3.8, 4) is 11.5 Å². The zero-order valence-electron chi connectivity index (χ0n) is 24.2. The van der Waals surface area contributed by atoms with Crippen LogP contribution in [0.3, 0.4) is 0 Å². The summed E-state index contributed by atoms with van der Waals surface area (Å²) in [6, 6.07) is 9.02. The maximum Gasteiger partial charge on any atom is 0.327 e. The van der Waals surface area contributed by atoms with Gasteiger partial charge in [0, 0.05) is 56.7 Å². The molecule has 0 saturated carbocycles. The van der Waals surface area contributed by atoms with Crippen molar-refractivity contribution in [2.24, 2.45) is 5.73 Å². The molecular weight excluding hydrogens is 579 g/mol. The van der Waals surface area contributed by atoms with Gasteiger partial charge >= 0.3 is 6.03 Å². The maximum atomic E-state index is 13.2. The highest BCUT2D eigenvalue weighted by molar-refractivity contribution is 6.41. The van der Waals surface area contributed by atoms with Gasteiger partial charge < -0.3 is 35.6 Å². The Hall–Kier alpha value is -3.93. The summed E-state index contributed by atoms with van der Waals surface area (Å²) < 4.78 is 10.6. The van der Waals surface area contributed by atoms with Gasteiger partial charge in [0.1, 0.15) is 39.5 Å². The molecule has 1 saturated heterocycles. The van der Waals surface area contributed by atoms with Gasteiger partial charge in [-0.1, -0.05) is 36.2 Å². The van der Waals surface area contributed by atoms with Gasteiger partial charge in [0.2, 0.25) is 0 Å². The number of amides is 2. The summed E-state index contributed by atoms with van der Waals surface area (Å²) in [4.78, 5) is 28.0. The van der Waals surface area contributed by atoms with Gasteiger partial charge in [-0.05, 0) is 42.9 Å². The van der Waals surface area contributed by atoms with Crippen LogP contribution in [0.5, 0.6) is 11.5 Å². The second kappa shape index (κ2) is 14.3. The van der Waals surface area contributed by atoms with Crippen LogP contribution >= 0.6 is 23.2 Å². The lowest BCUT2D eigenvalue weighted by Crippen LogP contribution is -2.46. The number of ether oxygens (including phenoxy) is 2. The fraction of sp³-hybridized carbons (Fsp3) is 0.345. The van der Waals surface area contributed by atoms with Gasteiger partial charge in [0.05, 0.1) is 19.9 Å². The highest BCUT2D eigenvalue weighted by Gasteiger charge is 2.22. The summed E-state index contributed by atoms with van der Waals surface area (Å²) in [6.07, 6.45) is 5.49. The summed E-state index contributed by atoms with van der Waals surface area (Å²) in [7, 11) is 4.49. The normalized spacial score (nSPS) is 13.7. The fourth-order valence-electron chi connectivity index (χ4n) is 4.61. The number of urea groups is 1. The molecule has 1 aromatic heterocycles. The Labute approximate surface area is 256 Å². The first-order valence-electron chi connectivity index (χ1n) is 13.5. The number of rotatable bonds is 10. The third-order valence-corrected chi connectivity index (χ3v) is 7.87. The van der Waals surface area contributed by atoms with Crippen molar-refractivity contribution in [1.82, 2.24) is 14.9 Å². The second-order valence-corrected chi connectivity index (χ2v) is 10.3. The lowest BCUT2D eigenvalue weighted by Gasteiger charge is -2.35. The van der Waals surface area contributed by atoms with Crippen LogP contribution in [0.4, 0.5) is 33.5 Å². The number of nitrogens with two attached hydrogens (primary N) is 1. The molecule has 0 unspecified atom stereocenters. The van der Waals surface area contributed by atoms with Crippen molar-refractivity contribution in [2.45, 2.75) is 13.3 Å². The SMILES string of the molecule is CCN1CCN(c2ccc(Nc3cc(N(C)C(=O)Nc4c(Cl)c(OC)cc(OC)c4Cl)ncn3)c(CC=CN)c2)CC1. The van der Waals surface area contributed by atoms with Crippen LogP contribution in [-0.2, 0) is 6.42 Å². The Morgan fingerprint density at radius 3 is 2.38 bits per heavy atom. The van der Waals surface area contributed by atoms with Crippen molar-refractivity contribution in [1.29, 1.82) is 0 Å². The quantitative estimate of drug-likeness (QED) is 0.277. The van der Waals surface area contributed by atoms with Crippen LogP contribution in [0.25, 0.3) is 0 Å². The van der Waals surface area contributed by atoms with Gasteiger partial charge in [-0.3, -0.25) is 4.90 Å².